The SMILES string of the molecule is COC[C@H]1O[C@](COCc2ccccc2)(OC)[C@@H](OCc2ccccc2)[C@@H]1OCc1ccccc1. The maximum atomic E-state index is 6.47. The van der Waals surface area contributed by atoms with Crippen LogP contribution in [0.4, 0.5) is 0 Å². The normalized spacial score (nSPS) is 24.0. The van der Waals surface area contributed by atoms with E-state index in [1.54, 1.807) is 14.2 Å². The summed E-state index contributed by atoms with van der Waals surface area (Å²) in [5.41, 5.74) is 3.20. The van der Waals surface area contributed by atoms with Crippen molar-refractivity contribution in [2.45, 2.75) is 43.9 Å². The summed E-state index contributed by atoms with van der Waals surface area (Å²) in [6.07, 6.45) is -1.34. The molecule has 186 valence electrons. The van der Waals surface area contributed by atoms with E-state index in [1.807, 2.05) is 91.0 Å². The van der Waals surface area contributed by atoms with Gasteiger partial charge in [-0.15, -0.1) is 0 Å². The van der Waals surface area contributed by atoms with Crippen LogP contribution in [0.3, 0.4) is 0 Å². The monoisotopic (exact) mass is 478 g/mol. The molecule has 0 radical (unpaired) electrons. The Labute approximate surface area is 207 Å². The molecule has 0 amide bonds. The Morgan fingerprint density at radius 3 is 1.71 bits per heavy atom. The average molecular weight is 479 g/mol. The van der Waals surface area contributed by atoms with Crippen LogP contribution in [0.25, 0.3) is 0 Å². The van der Waals surface area contributed by atoms with E-state index in [2.05, 4.69) is 0 Å². The lowest BCUT2D eigenvalue weighted by molar-refractivity contribution is -0.280. The summed E-state index contributed by atoms with van der Waals surface area (Å²) in [6.45, 7) is 1.78. The van der Waals surface area contributed by atoms with Crippen molar-refractivity contribution in [1.82, 2.24) is 0 Å². The molecule has 0 aromatic heterocycles. The molecule has 0 spiro atoms. The smallest absolute Gasteiger partial charge is 0.221 e. The molecule has 0 saturated carbocycles. The van der Waals surface area contributed by atoms with E-state index < -0.39 is 18.0 Å². The molecule has 0 aliphatic carbocycles. The number of ether oxygens (including phenoxy) is 6. The van der Waals surface area contributed by atoms with Gasteiger partial charge in [0.05, 0.1) is 26.4 Å². The summed E-state index contributed by atoms with van der Waals surface area (Å²) in [6, 6.07) is 30.1. The predicted octanol–water partition coefficient (Wildman–Crippen LogP) is 4.76. The van der Waals surface area contributed by atoms with Crippen LogP contribution in [0.5, 0.6) is 0 Å². The van der Waals surface area contributed by atoms with Crippen molar-refractivity contribution < 1.29 is 28.4 Å². The van der Waals surface area contributed by atoms with Crippen LogP contribution in [0.1, 0.15) is 16.7 Å². The fourth-order valence-electron chi connectivity index (χ4n) is 4.30. The lowest BCUT2D eigenvalue weighted by atomic mass is 10.0. The van der Waals surface area contributed by atoms with Crippen LogP contribution in [0.15, 0.2) is 91.0 Å². The van der Waals surface area contributed by atoms with Crippen LogP contribution in [-0.2, 0) is 48.2 Å². The quantitative estimate of drug-likeness (QED) is 0.353. The van der Waals surface area contributed by atoms with Crippen molar-refractivity contribution in [3.8, 4) is 0 Å². The van der Waals surface area contributed by atoms with Crippen LogP contribution in [0.2, 0.25) is 0 Å². The van der Waals surface area contributed by atoms with Gasteiger partial charge in [-0.3, -0.25) is 0 Å². The molecular formula is C29H34O6. The Morgan fingerprint density at radius 2 is 1.20 bits per heavy atom. The summed E-state index contributed by atoms with van der Waals surface area (Å²) in [7, 11) is 3.27. The Morgan fingerprint density at radius 1 is 0.686 bits per heavy atom. The predicted molar refractivity (Wildman–Crippen MR) is 133 cm³/mol. The molecule has 1 fully saturated rings. The molecule has 35 heavy (non-hydrogen) atoms. The van der Waals surface area contributed by atoms with E-state index in [0.29, 0.717) is 26.4 Å². The molecule has 6 nitrogen and oxygen atoms in total. The lowest BCUT2D eigenvalue weighted by Gasteiger charge is -2.33. The molecule has 3 aromatic rings. The third kappa shape index (κ3) is 6.76. The minimum absolute atomic E-state index is 0.184. The van der Waals surface area contributed by atoms with E-state index in [9.17, 15) is 0 Å². The number of benzene rings is 3. The second kappa shape index (κ2) is 12.9. The van der Waals surface area contributed by atoms with Crippen LogP contribution in [0, 0.1) is 0 Å². The van der Waals surface area contributed by atoms with Gasteiger partial charge in [0.2, 0.25) is 5.79 Å². The lowest BCUT2D eigenvalue weighted by Crippen LogP contribution is -2.50. The zero-order chi connectivity index (χ0) is 24.3. The summed E-state index contributed by atoms with van der Waals surface area (Å²) >= 11 is 0. The van der Waals surface area contributed by atoms with Gasteiger partial charge in [-0.1, -0.05) is 91.0 Å². The molecule has 4 rings (SSSR count). The highest BCUT2D eigenvalue weighted by Crippen LogP contribution is 2.38. The number of hydrogen-bond donors (Lipinski definition) is 0. The first-order valence-corrected chi connectivity index (χ1v) is 11.9. The Kier molecular flexibility index (Phi) is 9.42. The van der Waals surface area contributed by atoms with Gasteiger partial charge in [0.1, 0.15) is 24.9 Å². The number of hydrogen-bond acceptors (Lipinski definition) is 6. The highest BCUT2D eigenvalue weighted by atomic mass is 16.8. The zero-order valence-corrected chi connectivity index (χ0v) is 20.4. The Balaban J connectivity index is 1.54. The summed E-state index contributed by atoms with van der Waals surface area (Å²) in [5, 5.41) is 0. The van der Waals surface area contributed by atoms with Crippen molar-refractivity contribution in [2.75, 3.05) is 27.4 Å². The van der Waals surface area contributed by atoms with Crippen molar-refractivity contribution in [3.63, 3.8) is 0 Å². The maximum absolute atomic E-state index is 6.47. The van der Waals surface area contributed by atoms with Crippen molar-refractivity contribution in [3.05, 3.63) is 108 Å². The largest absolute Gasteiger partial charge is 0.382 e. The average Bonchev–Trinajstić information content (AvgIpc) is 3.20. The zero-order valence-electron chi connectivity index (χ0n) is 20.4. The van der Waals surface area contributed by atoms with Gasteiger partial charge >= 0.3 is 0 Å². The molecule has 1 heterocycles. The molecule has 1 aliphatic rings. The Hall–Kier alpha value is -2.58. The second-order valence-electron chi connectivity index (χ2n) is 8.58. The van der Waals surface area contributed by atoms with Crippen molar-refractivity contribution >= 4 is 0 Å². The molecule has 1 aliphatic heterocycles. The van der Waals surface area contributed by atoms with Gasteiger partial charge in [-0.2, -0.15) is 0 Å². The van der Waals surface area contributed by atoms with E-state index in [1.165, 1.54) is 0 Å². The first kappa shape index (κ1) is 25.5. The summed E-state index contributed by atoms with van der Waals surface area (Å²) < 4.78 is 36.9. The minimum Gasteiger partial charge on any atom is -0.382 e. The molecule has 3 aromatic carbocycles. The minimum atomic E-state index is -1.14. The summed E-state index contributed by atoms with van der Waals surface area (Å²) in [4.78, 5) is 0. The van der Waals surface area contributed by atoms with Crippen LogP contribution in [-0.4, -0.2) is 51.5 Å². The van der Waals surface area contributed by atoms with Gasteiger partial charge in [-0.25, -0.2) is 0 Å². The molecule has 0 bridgehead atoms. The maximum Gasteiger partial charge on any atom is 0.221 e. The molecule has 6 heteroatoms. The van der Waals surface area contributed by atoms with Crippen LogP contribution >= 0.6 is 0 Å². The van der Waals surface area contributed by atoms with E-state index >= 15 is 0 Å². The van der Waals surface area contributed by atoms with Gasteiger partial charge in [0, 0.05) is 14.2 Å². The molecule has 0 N–H and O–H groups in total. The molecule has 1 saturated heterocycles. The summed E-state index contributed by atoms with van der Waals surface area (Å²) in [5.74, 6) is -1.14. The topological polar surface area (TPSA) is 55.4 Å². The third-order valence-corrected chi connectivity index (χ3v) is 6.10. The van der Waals surface area contributed by atoms with Gasteiger partial charge in [0.25, 0.3) is 0 Å². The fraction of sp³-hybridized carbons (Fsp3) is 0.379. The third-order valence-electron chi connectivity index (χ3n) is 6.10. The second-order valence-corrected chi connectivity index (χ2v) is 8.58. The van der Waals surface area contributed by atoms with E-state index in [4.69, 9.17) is 28.4 Å². The molecular weight excluding hydrogens is 444 g/mol. The highest BCUT2D eigenvalue weighted by Gasteiger charge is 2.57. The Bertz CT molecular complexity index is 984. The molecule has 0 unspecified atom stereocenters. The first-order chi connectivity index (χ1) is 17.2. The first-order valence-electron chi connectivity index (χ1n) is 11.9. The van der Waals surface area contributed by atoms with Crippen molar-refractivity contribution in [1.29, 1.82) is 0 Å². The number of rotatable bonds is 13. The van der Waals surface area contributed by atoms with Gasteiger partial charge in [-0.05, 0) is 16.7 Å². The number of methoxy groups -OCH3 is 2. The molecule has 4 atom stereocenters. The van der Waals surface area contributed by atoms with Gasteiger partial charge < -0.3 is 28.4 Å². The van der Waals surface area contributed by atoms with E-state index in [-0.39, 0.29) is 12.7 Å². The highest BCUT2D eigenvalue weighted by molar-refractivity contribution is 5.16. The van der Waals surface area contributed by atoms with Crippen LogP contribution < -0.4 is 0 Å². The fourth-order valence-corrected chi connectivity index (χ4v) is 4.30. The standard InChI is InChI=1S/C29H34O6/c1-30-21-26-27(33-19-24-14-8-4-9-15-24)28(34-20-25-16-10-5-11-17-25)29(31-2,35-26)22-32-18-23-12-6-3-7-13-23/h3-17,26-28H,18-22H2,1-2H3/t26-,27-,28+,29+/m1/s1. The van der Waals surface area contributed by atoms with Gasteiger partial charge in [0.15, 0.2) is 0 Å². The van der Waals surface area contributed by atoms with E-state index in [0.717, 1.165) is 16.7 Å². The van der Waals surface area contributed by atoms with Crippen molar-refractivity contribution in [2.24, 2.45) is 0 Å².